The number of hydrogen-bond donors (Lipinski definition) is 4. The van der Waals surface area contributed by atoms with E-state index in [2.05, 4.69) is 56.8 Å². The quantitative estimate of drug-likeness (QED) is 0.117. The highest BCUT2D eigenvalue weighted by Gasteiger charge is 2.34. The molecule has 0 aliphatic carbocycles. The summed E-state index contributed by atoms with van der Waals surface area (Å²) in [5.41, 5.74) is 14.3. The van der Waals surface area contributed by atoms with E-state index in [1.54, 1.807) is 0 Å². The molecular weight excluding hydrogens is 703 g/mol. The fourth-order valence-electron chi connectivity index (χ4n) is 7.79. The lowest BCUT2D eigenvalue weighted by Crippen LogP contribution is -2.42. The maximum atomic E-state index is 8.06. The Kier molecular flexibility index (Phi) is 9.33. The fourth-order valence-corrected chi connectivity index (χ4v) is 7.79. The van der Waals surface area contributed by atoms with Gasteiger partial charge in [0.2, 0.25) is 11.9 Å². The average Bonchev–Trinajstić information content (AvgIpc) is 3.84. The first-order chi connectivity index (χ1) is 27.4. The van der Waals surface area contributed by atoms with Crippen LogP contribution in [0.3, 0.4) is 0 Å². The van der Waals surface area contributed by atoms with E-state index in [1.165, 1.54) is 44.7 Å². The second kappa shape index (κ2) is 14.9. The minimum atomic E-state index is 0.257. The minimum Gasteiger partial charge on any atom is -0.446 e. The number of rotatable bonds is 10. The van der Waals surface area contributed by atoms with Crippen molar-refractivity contribution >= 4 is 69.9 Å². The van der Waals surface area contributed by atoms with Gasteiger partial charge in [-0.2, -0.15) is 9.98 Å². The molecule has 0 unspecified atom stereocenters. The van der Waals surface area contributed by atoms with Gasteiger partial charge in [-0.1, -0.05) is 0 Å². The number of nitrogens with zero attached hydrogens (tertiary/aromatic N) is 7. The highest BCUT2D eigenvalue weighted by Crippen LogP contribution is 2.39. The first-order valence-electron chi connectivity index (χ1n) is 19.4. The summed E-state index contributed by atoms with van der Waals surface area (Å²) in [5, 5.41) is 15.1. The topological polar surface area (TPSA) is 159 Å². The minimum absolute atomic E-state index is 0.257. The Balaban J connectivity index is 1.18. The number of aliphatic imine (C=N–C) groups is 4. The number of benzene rings is 2. The van der Waals surface area contributed by atoms with Gasteiger partial charge < -0.3 is 40.4 Å². The molecule has 56 heavy (non-hydrogen) atoms. The Morgan fingerprint density at radius 1 is 0.679 bits per heavy atom. The molecule has 4 aromatic rings. The van der Waals surface area contributed by atoms with Crippen molar-refractivity contribution in [1.29, 1.82) is 5.41 Å². The van der Waals surface area contributed by atoms with E-state index >= 15 is 0 Å². The molecule has 5 N–H and O–H groups in total. The van der Waals surface area contributed by atoms with Gasteiger partial charge in [-0.15, -0.1) is 0 Å². The molecule has 9 rings (SSSR count). The summed E-state index contributed by atoms with van der Waals surface area (Å²) in [7, 11) is 0. The number of nitrogens with two attached hydrogens (primary N) is 1. The second-order valence-corrected chi connectivity index (χ2v) is 14.6. The number of piperidine rings is 2. The van der Waals surface area contributed by atoms with E-state index in [0.717, 1.165) is 83.5 Å². The molecule has 2 fully saturated rings. The van der Waals surface area contributed by atoms with Gasteiger partial charge in [0.25, 0.3) is 0 Å². The van der Waals surface area contributed by atoms with Crippen LogP contribution in [-0.2, 0) is 0 Å². The lowest BCUT2D eigenvalue weighted by atomic mass is 10.0. The van der Waals surface area contributed by atoms with E-state index in [9.17, 15) is 0 Å². The van der Waals surface area contributed by atoms with E-state index in [0.29, 0.717) is 40.7 Å². The molecule has 13 nitrogen and oxygen atoms in total. The molecule has 0 bridgehead atoms. The van der Waals surface area contributed by atoms with Crippen LogP contribution in [0.4, 0.5) is 34.5 Å². The van der Waals surface area contributed by atoms with E-state index in [-0.39, 0.29) is 5.84 Å². The molecule has 2 saturated heterocycles. The first-order valence-corrected chi connectivity index (χ1v) is 19.4. The SMILES string of the molecule is Cc1ccc(Nc2cc(N3CCCCC3)ccc2C2=CC3=CC(c4ccc(N5CCCCC5)cc4Nc4ccc(C)o4)=NC4=NC(/C(C=N)=C/N)=NC(=N2)N34)o1. The van der Waals surface area contributed by atoms with Crippen molar-refractivity contribution in [3.05, 3.63) is 113 Å². The summed E-state index contributed by atoms with van der Waals surface area (Å²) in [6.45, 7) is 7.95. The molecule has 5 aliphatic rings. The maximum absolute atomic E-state index is 8.06. The first kappa shape index (κ1) is 35.1. The van der Waals surface area contributed by atoms with Gasteiger partial charge in [-0.05, 0) is 113 Å². The van der Waals surface area contributed by atoms with Crippen LogP contribution in [0.1, 0.15) is 61.2 Å². The van der Waals surface area contributed by atoms with Crippen molar-refractivity contribution in [3.8, 4) is 0 Å². The third-order valence-electron chi connectivity index (χ3n) is 10.7. The standard InChI is InChI=1S/C43H45N11O2/c1-27-9-15-39(55-27)46-35-21-30(52-17-5-3-6-18-52)11-13-33(35)37-23-32-24-38(49-43-51-41(29(25-44)26-45)50-42(48-37)54(32)43)34-14-12-31(53-19-7-4-8-20-53)22-36(34)47-40-16-10-28(2)56-40/h9-16,21-26,44,46-47H,3-8,17-20,45H2,1-2H3/b29-26+,44-25?. The van der Waals surface area contributed by atoms with Crippen molar-refractivity contribution in [2.75, 3.05) is 46.6 Å². The fraction of sp³-hybridized carbons (Fsp3) is 0.279. The number of allylic oxidation sites excluding steroid dienone is 2. The second-order valence-electron chi connectivity index (χ2n) is 14.6. The number of aryl methyl sites for hydroxylation is 2. The van der Waals surface area contributed by atoms with Crippen molar-refractivity contribution in [1.82, 2.24) is 4.90 Å². The molecule has 284 valence electrons. The molecule has 0 radical (unpaired) electrons. The van der Waals surface area contributed by atoms with Gasteiger partial charge in [0.1, 0.15) is 11.5 Å². The molecule has 0 saturated carbocycles. The van der Waals surface area contributed by atoms with Crippen molar-refractivity contribution in [2.24, 2.45) is 25.7 Å². The van der Waals surface area contributed by atoms with Crippen molar-refractivity contribution < 1.29 is 8.83 Å². The molecule has 7 heterocycles. The molecule has 0 atom stereocenters. The average molecular weight is 748 g/mol. The number of furan rings is 2. The predicted molar refractivity (Wildman–Crippen MR) is 226 cm³/mol. The number of hydrogen-bond acceptors (Lipinski definition) is 13. The summed E-state index contributed by atoms with van der Waals surface area (Å²) in [6.07, 6.45) is 13.8. The summed E-state index contributed by atoms with van der Waals surface area (Å²) < 4.78 is 12.0. The Bertz CT molecular complexity index is 2300. The monoisotopic (exact) mass is 747 g/mol. The zero-order valence-corrected chi connectivity index (χ0v) is 31.7. The number of nitrogens with one attached hydrogen (secondary N) is 3. The molecule has 0 spiro atoms. The van der Waals surface area contributed by atoms with Crippen molar-refractivity contribution in [2.45, 2.75) is 52.4 Å². The lowest BCUT2D eigenvalue weighted by Gasteiger charge is -2.33. The third-order valence-corrected chi connectivity index (χ3v) is 10.7. The van der Waals surface area contributed by atoms with Gasteiger partial charge in [-0.3, -0.25) is 0 Å². The Morgan fingerprint density at radius 2 is 1.25 bits per heavy atom. The summed E-state index contributed by atoms with van der Waals surface area (Å²) in [5.74, 6) is 3.94. The van der Waals surface area contributed by atoms with E-state index in [4.69, 9.17) is 39.9 Å². The normalized spacial score (nSPS) is 18.2. The van der Waals surface area contributed by atoms with Gasteiger partial charge in [0.15, 0.2) is 17.6 Å². The van der Waals surface area contributed by atoms with Crippen LogP contribution in [0.5, 0.6) is 0 Å². The van der Waals surface area contributed by atoms with E-state index < -0.39 is 0 Å². The van der Waals surface area contributed by atoms with Gasteiger partial charge >= 0.3 is 0 Å². The summed E-state index contributed by atoms with van der Waals surface area (Å²) >= 11 is 0. The largest absolute Gasteiger partial charge is 0.446 e. The smallest absolute Gasteiger partial charge is 0.239 e. The van der Waals surface area contributed by atoms with Crippen LogP contribution >= 0.6 is 0 Å². The molecule has 5 aliphatic heterocycles. The summed E-state index contributed by atoms with van der Waals surface area (Å²) in [4.78, 5) is 26.6. The molecule has 0 amide bonds. The Hall–Kier alpha value is -6.63. The third kappa shape index (κ3) is 6.91. The zero-order chi connectivity index (χ0) is 38.2. The Labute approximate surface area is 325 Å². The van der Waals surface area contributed by atoms with Gasteiger partial charge in [0, 0.05) is 73.2 Å². The van der Waals surface area contributed by atoms with Crippen LogP contribution in [-0.4, -0.2) is 60.8 Å². The van der Waals surface area contributed by atoms with Crippen LogP contribution in [0, 0.1) is 19.3 Å². The number of amidine groups is 1. The Morgan fingerprint density at radius 3 is 1.80 bits per heavy atom. The summed E-state index contributed by atoms with van der Waals surface area (Å²) in [6, 6.07) is 20.7. The highest BCUT2D eigenvalue weighted by molar-refractivity contribution is 6.29. The lowest BCUT2D eigenvalue weighted by molar-refractivity contribution is 0.550. The highest BCUT2D eigenvalue weighted by atomic mass is 16.4. The van der Waals surface area contributed by atoms with E-state index in [1.807, 2.05) is 55.2 Å². The van der Waals surface area contributed by atoms with Crippen LogP contribution in [0.2, 0.25) is 0 Å². The predicted octanol–water partition coefficient (Wildman–Crippen LogP) is 8.62. The maximum Gasteiger partial charge on any atom is 0.239 e. The van der Waals surface area contributed by atoms with Crippen LogP contribution in [0.15, 0.2) is 119 Å². The number of anilines is 6. The molecule has 2 aromatic heterocycles. The van der Waals surface area contributed by atoms with Crippen LogP contribution in [0.25, 0.3) is 5.70 Å². The zero-order valence-electron chi connectivity index (χ0n) is 31.7. The number of guanidine groups is 2. The molecule has 13 heteroatoms. The molecule has 2 aromatic carbocycles. The van der Waals surface area contributed by atoms with Crippen molar-refractivity contribution in [3.63, 3.8) is 0 Å². The van der Waals surface area contributed by atoms with Gasteiger partial charge in [-0.25, -0.2) is 14.9 Å². The van der Waals surface area contributed by atoms with Gasteiger partial charge in [0.05, 0.1) is 34.1 Å². The van der Waals surface area contributed by atoms with Crippen LogP contribution < -0.4 is 26.2 Å². The molecular formula is C43H45N11O2.